The van der Waals surface area contributed by atoms with E-state index in [1.165, 1.54) is 5.56 Å². The van der Waals surface area contributed by atoms with E-state index in [9.17, 15) is 9.59 Å². The quantitative estimate of drug-likeness (QED) is 0.745. The van der Waals surface area contributed by atoms with Crippen molar-refractivity contribution in [1.82, 2.24) is 15.3 Å². The largest absolute Gasteiger partial charge is 0.343 e. The van der Waals surface area contributed by atoms with Gasteiger partial charge in [-0.15, -0.1) is 0 Å². The van der Waals surface area contributed by atoms with Crippen molar-refractivity contribution in [3.05, 3.63) is 99.2 Å². The summed E-state index contributed by atoms with van der Waals surface area (Å²) in [5.74, 6) is -0.408. The number of carbonyl (C=O) groups is 1. The van der Waals surface area contributed by atoms with Gasteiger partial charge >= 0.3 is 0 Å². The van der Waals surface area contributed by atoms with Gasteiger partial charge in [-0.1, -0.05) is 35.9 Å². The molecule has 0 saturated heterocycles. The summed E-state index contributed by atoms with van der Waals surface area (Å²) in [6, 6.07) is 16.7. The standard InChI is InChI=1S/C21H21N3O2/c1-14-6-9-16(10-7-14)13-19(18-5-3-4-12-22-18)24-21(26)17-11-8-15(2)23-20(17)25/h3-12,19H,13H2,1-2H3,(H,23,25)(H,24,26)/t19-/m1/s1. The molecular formula is C21H21N3O2. The number of pyridine rings is 2. The first-order valence-corrected chi connectivity index (χ1v) is 8.50. The number of nitrogens with one attached hydrogen (secondary N) is 2. The first-order valence-electron chi connectivity index (χ1n) is 8.50. The van der Waals surface area contributed by atoms with Crippen molar-refractivity contribution in [2.24, 2.45) is 0 Å². The highest BCUT2D eigenvalue weighted by Gasteiger charge is 2.19. The summed E-state index contributed by atoms with van der Waals surface area (Å²) in [5, 5.41) is 2.95. The summed E-state index contributed by atoms with van der Waals surface area (Å²) in [6.07, 6.45) is 2.29. The molecule has 2 aromatic heterocycles. The predicted octanol–water partition coefficient (Wildman–Crippen LogP) is 3.10. The molecule has 0 saturated carbocycles. The Balaban J connectivity index is 1.87. The van der Waals surface area contributed by atoms with E-state index in [0.717, 1.165) is 11.3 Å². The number of hydrogen-bond acceptors (Lipinski definition) is 3. The van der Waals surface area contributed by atoms with Gasteiger partial charge in [0.1, 0.15) is 5.56 Å². The van der Waals surface area contributed by atoms with Crippen molar-refractivity contribution >= 4 is 5.91 Å². The first kappa shape index (κ1) is 17.6. The van der Waals surface area contributed by atoms with E-state index >= 15 is 0 Å². The van der Waals surface area contributed by atoms with Crippen LogP contribution in [-0.4, -0.2) is 15.9 Å². The van der Waals surface area contributed by atoms with Crippen LogP contribution in [0.25, 0.3) is 0 Å². The molecule has 5 heteroatoms. The number of aromatic nitrogens is 2. The number of amides is 1. The first-order chi connectivity index (χ1) is 12.5. The summed E-state index contributed by atoms with van der Waals surface area (Å²) < 4.78 is 0. The average Bonchev–Trinajstić information content (AvgIpc) is 2.63. The van der Waals surface area contributed by atoms with Crippen molar-refractivity contribution in [3.63, 3.8) is 0 Å². The van der Waals surface area contributed by atoms with Crippen LogP contribution in [0, 0.1) is 13.8 Å². The summed E-state index contributed by atoms with van der Waals surface area (Å²) in [5.41, 5.74) is 3.44. The molecule has 5 nitrogen and oxygen atoms in total. The van der Waals surface area contributed by atoms with Crippen molar-refractivity contribution in [1.29, 1.82) is 0 Å². The number of aryl methyl sites for hydroxylation is 2. The SMILES string of the molecule is Cc1ccc(C[C@@H](NC(=O)c2ccc(C)[nH]c2=O)c2ccccn2)cc1. The molecule has 1 amide bonds. The van der Waals surface area contributed by atoms with Gasteiger partial charge in [-0.05, 0) is 50.1 Å². The molecule has 0 radical (unpaired) electrons. The van der Waals surface area contributed by atoms with E-state index in [0.29, 0.717) is 12.1 Å². The number of aromatic amines is 1. The van der Waals surface area contributed by atoms with Crippen molar-refractivity contribution in [3.8, 4) is 0 Å². The van der Waals surface area contributed by atoms with Crippen LogP contribution in [0.5, 0.6) is 0 Å². The average molecular weight is 347 g/mol. The third kappa shape index (κ3) is 4.25. The minimum atomic E-state index is -0.408. The lowest BCUT2D eigenvalue weighted by atomic mass is 10.0. The summed E-state index contributed by atoms with van der Waals surface area (Å²) in [6.45, 7) is 3.81. The zero-order valence-electron chi connectivity index (χ0n) is 14.8. The highest BCUT2D eigenvalue weighted by atomic mass is 16.2. The highest BCUT2D eigenvalue weighted by Crippen LogP contribution is 2.17. The maximum atomic E-state index is 12.6. The van der Waals surface area contributed by atoms with Crippen LogP contribution in [0.3, 0.4) is 0 Å². The Hall–Kier alpha value is -3.21. The lowest BCUT2D eigenvalue weighted by molar-refractivity contribution is 0.0934. The van der Waals surface area contributed by atoms with E-state index in [4.69, 9.17) is 0 Å². The second-order valence-corrected chi connectivity index (χ2v) is 6.35. The van der Waals surface area contributed by atoms with Gasteiger partial charge in [0, 0.05) is 11.9 Å². The van der Waals surface area contributed by atoms with Crippen LogP contribution in [0.15, 0.2) is 65.6 Å². The maximum Gasteiger partial charge on any atom is 0.260 e. The van der Waals surface area contributed by atoms with E-state index in [-0.39, 0.29) is 11.6 Å². The molecule has 0 aliphatic heterocycles. The molecule has 132 valence electrons. The minimum Gasteiger partial charge on any atom is -0.343 e. The molecule has 0 spiro atoms. The molecule has 1 atom stereocenters. The maximum absolute atomic E-state index is 12.6. The fraction of sp³-hybridized carbons (Fsp3) is 0.190. The molecule has 1 aromatic carbocycles. The van der Waals surface area contributed by atoms with Crippen molar-refractivity contribution in [2.45, 2.75) is 26.3 Å². The third-order valence-corrected chi connectivity index (χ3v) is 4.21. The summed E-state index contributed by atoms with van der Waals surface area (Å²) in [4.78, 5) is 31.7. The predicted molar refractivity (Wildman–Crippen MR) is 101 cm³/mol. The van der Waals surface area contributed by atoms with Gasteiger partial charge in [0.25, 0.3) is 11.5 Å². The number of rotatable bonds is 5. The van der Waals surface area contributed by atoms with Gasteiger partial charge in [0.05, 0.1) is 11.7 Å². The van der Waals surface area contributed by atoms with Gasteiger partial charge in [0.15, 0.2) is 0 Å². The second-order valence-electron chi connectivity index (χ2n) is 6.35. The van der Waals surface area contributed by atoms with Gasteiger partial charge in [0.2, 0.25) is 0 Å². The Morgan fingerprint density at radius 3 is 2.50 bits per heavy atom. The minimum absolute atomic E-state index is 0.0976. The third-order valence-electron chi connectivity index (χ3n) is 4.21. The van der Waals surface area contributed by atoms with Gasteiger partial charge < -0.3 is 10.3 Å². The van der Waals surface area contributed by atoms with E-state index in [2.05, 4.69) is 15.3 Å². The Morgan fingerprint density at radius 2 is 1.85 bits per heavy atom. The lowest BCUT2D eigenvalue weighted by Gasteiger charge is -2.18. The smallest absolute Gasteiger partial charge is 0.260 e. The van der Waals surface area contributed by atoms with Crippen LogP contribution < -0.4 is 10.9 Å². The highest BCUT2D eigenvalue weighted by molar-refractivity contribution is 5.94. The van der Waals surface area contributed by atoms with Crippen LogP contribution >= 0.6 is 0 Å². The fourth-order valence-electron chi connectivity index (χ4n) is 2.76. The molecule has 3 aromatic rings. The number of H-pyrrole nitrogens is 1. The normalized spacial score (nSPS) is 11.8. The van der Waals surface area contributed by atoms with Gasteiger partial charge in [-0.25, -0.2) is 0 Å². The molecule has 26 heavy (non-hydrogen) atoms. The number of carbonyl (C=O) groups excluding carboxylic acids is 1. The number of benzene rings is 1. The molecule has 2 heterocycles. The molecule has 0 fully saturated rings. The molecular weight excluding hydrogens is 326 g/mol. The van der Waals surface area contributed by atoms with Crippen molar-refractivity contribution < 1.29 is 4.79 Å². The van der Waals surface area contributed by atoms with Crippen LogP contribution in [-0.2, 0) is 6.42 Å². The molecule has 0 bridgehead atoms. The molecule has 2 N–H and O–H groups in total. The topological polar surface area (TPSA) is 74.8 Å². The molecule has 0 aliphatic carbocycles. The summed E-state index contributed by atoms with van der Waals surface area (Å²) >= 11 is 0. The lowest BCUT2D eigenvalue weighted by Crippen LogP contribution is -2.34. The van der Waals surface area contributed by atoms with E-state index in [1.54, 1.807) is 25.3 Å². The molecule has 0 unspecified atom stereocenters. The van der Waals surface area contributed by atoms with Crippen LogP contribution in [0.2, 0.25) is 0 Å². The molecule has 3 rings (SSSR count). The Bertz CT molecular complexity index is 947. The zero-order valence-corrected chi connectivity index (χ0v) is 14.8. The fourth-order valence-corrected chi connectivity index (χ4v) is 2.76. The van der Waals surface area contributed by atoms with Crippen molar-refractivity contribution in [2.75, 3.05) is 0 Å². The molecule has 0 aliphatic rings. The van der Waals surface area contributed by atoms with Gasteiger partial charge in [-0.3, -0.25) is 14.6 Å². The Labute approximate surface area is 152 Å². The summed E-state index contributed by atoms with van der Waals surface area (Å²) in [7, 11) is 0. The van der Waals surface area contributed by atoms with E-state index < -0.39 is 11.5 Å². The number of nitrogens with zero attached hydrogens (tertiary/aromatic N) is 1. The van der Waals surface area contributed by atoms with Crippen LogP contribution in [0.1, 0.15) is 38.9 Å². The van der Waals surface area contributed by atoms with Gasteiger partial charge in [-0.2, -0.15) is 0 Å². The second kappa shape index (κ2) is 7.78. The van der Waals surface area contributed by atoms with E-state index in [1.807, 2.05) is 49.4 Å². The zero-order chi connectivity index (χ0) is 18.5. The Morgan fingerprint density at radius 1 is 1.08 bits per heavy atom. The van der Waals surface area contributed by atoms with Crippen LogP contribution in [0.4, 0.5) is 0 Å². The number of hydrogen-bond donors (Lipinski definition) is 2. The monoisotopic (exact) mass is 347 g/mol. The Kier molecular flexibility index (Phi) is 5.27.